The molecule has 1 fully saturated rings. The van der Waals surface area contributed by atoms with Crippen molar-refractivity contribution in [1.82, 2.24) is 10.1 Å². The van der Waals surface area contributed by atoms with Crippen LogP contribution in [0.15, 0.2) is 63.9 Å². The van der Waals surface area contributed by atoms with Gasteiger partial charge in [-0.05, 0) is 68.6 Å². The molecule has 1 aliphatic heterocycles. The lowest BCUT2D eigenvalue weighted by atomic mass is 9.99. The molecule has 0 spiro atoms. The standard InChI is InChI=1S/C26H25FN2O3/c1-16-12-17(2)14-19(13-16)22-4-3-11-29(22)15-18-5-7-20(8-6-18)31-23-10-9-21-25(24(23)27)32-28-26(21)30/h5-10,12-14,22H,3-4,11,15H2,1-2H3,(H,28,30). The van der Waals surface area contributed by atoms with Crippen molar-refractivity contribution in [2.24, 2.45) is 0 Å². The fourth-order valence-electron chi connectivity index (χ4n) is 4.67. The van der Waals surface area contributed by atoms with E-state index in [2.05, 4.69) is 42.1 Å². The third-order valence-corrected chi connectivity index (χ3v) is 6.08. The number of H-pyrrole nitrogens is 1. The number of nitrogens with zero attached hydrogens (tertiary/aromatic N) is 1. The number of nitrogens with one attached hydrogen (secondary N) is 1. The van der Waals surface area contributed by atoms with Crippen molar-refractivity contribution in [3.8, 4) is 11.5 Å². The Kier molecular flexibility index (Phi) is 5.31. The van der Waals surface area contributed by atoms with Crippen LogP contribution in [0.5, 0.6) is 11.5 Å². The molecule has 0 bridgehead atoms. The molecule has 3 aromatic carbocycles. The topological polar surface area (TPSA) is 58.5 Å². The van der Waals surface area contributed by atoms with E-state index in [9.17, 15) is 9.18 Å². The molecule has 4 aromatic rings. The number of aromatic nitrogens is 1. The van der Waals surface area contributed by atoms with Crippen molar-refractivity contribution in [3.05, 3.63) is 93.0 Å². The first-order valence-electron chi connectivity index (χ1n) is 10.9. The van der Waals surface area contributed by atoms with Crippen LogP contribution in [-0.2, 0) is 6.54 Å². The summed E-state index contributed by atoms with van der Waals surface area (Å²) in [6, 6.07) is 17.9. The summed E-state index contributed by atoms with van der Waals surface area (Å²) in [5.41, 5.74) is 4.59. The van der Waals surface area contributed by atoms with Crippen molar-refractivity contribution < 1.29 is 13.7 Å². The second-order valence-corrected chi connectivity index (χ2v) is 8.58. The summed E-state index contributed by atoms with van der Waals surface area (Å²) in [4.78, 5) is 14.1. The molecule has 0 radical (unpaired) electrons. The highest BCUT2D eigenvalue weighted by Crippen LogP contribution is 2.35. The maximum absolute atomic E-state index is 14.6. The lowest BCUT2D eigenvalue weighted by Crippen LogP contribution is -2.22. The molecule has 1 aromatic heterocycles. The number of likely N-dealkylation sites (tertiary alicyclic amines) is 1. The number of rotatable bonds is 5. The highest BCUT2D eigenvalue weighted by molar-refractivity contribution is 5.78. The zero-order valence-electron chi connectivity index (χ0n) is 18.2. The SMILES string of the molecule is Cc1cc(C)cc(C2CCCN2Cc2ccc(Oc3ccc4c(=O)[nH]oc4c3F)cc2)c1. The van der Waals surface area contributed by atoms with E-state index in [1.54, 1.807) is 0 Å². The monoisotopic (exact) mass is 432 g/mol. The first-order chi connectivity index (χ1) is 15.5. The molecule has 0 saturated carbocycles. The van der Waals surface area contributed by atoms with Crippen molar-refractivity contribution in [1.29, 1.82) is 0 Å². The Morgan fingerprint density at radius 1 is 1.09 bits per heavy atom. The number of aromatic amines is 1. The van der Waals surface area contributed by atoms with Gasteiger partial charge in [0.25, 0.3) is 5.56 Å². The van der Waals surface area contributed by atoms with Crippen LogP contribution >= 0.6 is 0 Å². The first kappa shape index (κ1) is 20.5. The number of benzene rings is 3. The van der Waals surface area contributed by atoms with Gasteiger partial charge in [-0.15, -0.1) is 0 Å². The maximum Gasteiger partial charge on any atom is 0.287 e. The second-order valence-electron chi connectivity index (χ2n) is 8.58. The molecule has 0 amide bonds. The minimum Gasteiger partial charge on any atom is -0.454 e. The number of halogens is 1. The summed E-state index contributed by atoms with van der Waals surface area (Å²) in [6.45, 7) is 6.23. The van der Waals surface area contributed by atoms with Gasteiger partial charge in [-0.25, -0.2) is 0 Å². The van der Waals surface area contributed by atoms with Crippen LogP contribution in [0.4, 0.5) is 4.39 Å². The van der Waals surface area contributed by atoms with Gasteiger partial charge < -0.3 is 9.26 Å². The number of ether oxygens (including phenoxy) is 1. The largest absolute Gasteiger partial charge is 0.454 e. The Labute approximate surface area is 185 Å². The normalized spacial score (nSPS) is 16.7. The minimum atomic E-state index is -0.696. The molecule has 1 atom stereocenters. The summed E-state index contributed by atoms with van der Waals surface area (Å²) >= 11 is 0. The summed E-state index contributed by atoms with van der Waals surface area (Å²) < 4.78 is 25.2. The fourth-order valence-corrected chi connectivity index (χ4v) is 4.67. The summed E-state index contributed by atoms with van der Waals surface area (Å²) in [7, 11) is 0. The van der Waals surface area contributed by atoms with Gasteiger partial charge in [0.1, 0.15) is 5.75 Å². The molecule has 2 heterocycles. The molecule has 6 heteroatoms. The van der Waals surface area contributed by atoms with Crippen molar-refractivity contribution in [2.45, 2.75) is 39.3 Å². The number of aryl methyl sites for hydroxylation is 2. The molecular formula is C26H25FN2O3. The van der Waals surface area contributed by atoms with E-state index in [0.717, 1.165) is 13.1 Å². The predicted octanol–water partition coefficient (Wildman–Crippen LogP) is 6.01. The zero-order valence-corrected chi connectivity index (χ0v) is 18.2. The molecule has 1 aliphatic rings. The molecule has 1 unspecified atom stereocenters. The minimum absolute atomic E-state index is 0.0161. The Morgan fingerprint density at radius 3 is 2.59 bits per heavy atom. The van der Waals surface area contributed by atoms with E-state index in [-0.39, 0.29) is 16.7 Å². The fraction of sp³-hybridized carbons (Fsp3) is 0.269. The summed E-state index contributed by atoms with van der Waals surface area (Å²) in [5, 5.41) is 2.30. The Balaban J connectivity index is 1.30. The second kappa shape index (κ2) is 8.28. The quantitative estimate of drug-likeness (QED) is 0.420. The van der Waals surface area contributed by atoms with Crippen LogP contribution in [0, 0.1) is 19.7 Å². The molecule has 164 valence electrons. The Bertz CT molecular complexity index is 1300. The van der Waals surface area contributed by atoms with E-state index in [0.29, 0.717) is 11.8 Å². The van der Waals surface area contributed by atoms with Gasteiger partial charge in [0, 0.05) is 12.6 Å². The molecule has 1 N–H and O–H groups in total. The van der Waals surface area contributed by atoms with Gasteiger partial charge in [-0.2, -0.15) is 9.55 Å². The average Bonchev–Trinajstić information content (AvgIpc) is 3.38. The van der Waals surface area contributed by atoms with Gasteiger partial charge >= 0.3 is 0 Å². The third-order valence-electron chi connectivity index (χ3n) is 6.08. The first-order valence-corrected chi connectivity index (χ1v) is 10.9. The van der Waals surface area contributed by atoms with E-state index in [1.807, 2.05) is 24.3 Å². The molecule has 1 saturated heterocycles. The average molecular weight is 432 g/mol. The summed E-state index contributed by atoms with van der Waals surface area (Å²) in [6.07, 6.45) is 2.36. The highest BCUT2D eigenvalue weighted by atomic mass is 19.1. The van der Waals surface area contributed by atoms with Crippen molar-refractivity contribution >= 4 is 11.0 Å². The van der Waals surface area contributed by atoms with Crippen LogP contribution in [0.3, 0.4) is 0 Å². The number of fused-ring (bicyclic) bond motifs is 1. The van der Waals surface area contributed by atoms with Gasteiger partial charge in [-0.1, -0.05) is 41.5 Å². The van der Waals surface area contributed by atoms with Crippen molar-refractivity contribution in [3.63, 3.8) is 0 Å². The van der Waals surface area contributed by atoms with E-state index < -0.39 is 11.4 Å². The molecule has 5 rings (SSSR count). The van der Waals surface area contributed by atoms with Gasteiger partial charge in [0.15, 0.2) is 5.75 Å². The zero-order chi connectivity index (χ0) is 22.2. The van der Waals surface area contributed by atoms with Crippen LogP contribution < -0.4 is 10.3 Å². The van der Waals surface area contributed by atoms with Crippen LogP contribution in [0.2, 0.25) is 0 Å². The van der Waals surface area contributed by atoms with E-state index in [1.165, 1.54) is 47.2 Å². The smallest absolute Gasteiger partial charge is 0.287 e. The number of hydrogen-bond acceptors (Lipinski definition) is 4. The van der Waals surface area contributed by atoms with Crippen molar-refractivity contribution in [2.75, 3.05) is 6.54 Å². The molecule has 32 heavy (non-hydrogen) atoms. The molecular weight excluding hydrogens is 407 g/mol. The van der Waals surface area contributed by atoms with Crippen LogP contribution in [0.25, 0.3) is 11.0 Å². The van der Waals surface area contributed by atoms with E-state index in [4.69, 9.17) is 9.26 Å². The van der Waals surface area contributed by atoms with Gasteiger partial charge in [0.2, 0.25) is 11.4 Å². The lowest BCUT2D eigenvalue weighted by molar-refractivity contribution is 0.248. The third kappa shape index (κ3) is 3.94. The lowest BCUT2D eigenvalue weighted by Gasteiger charge is -2.25. The predicted molar refractivity (Wildman–Crippen MR) is 122 cm³/mol. The maximum atomic E-state index is 14.6. The summed E-state index contributed by atoms with van der Waals surface area (Å²) in [5.74, 6) is -0.155. The van der Waals surface area contributed by atoms with Gasteiger partial charge in [-0.3, -0.25) is 9.69 Å². The van der Waals surface area contributed by atoms with Crippen LogP contribution in [0.1, 0.15) is 41.1 Å². The van der Waals surface area contributed by atoms with E-state index >= 15 is 0 Å². The number of hydrogen-bond donors (Lipinski definition) is 1. The Morgan fingerprint density at radius 2 is 1.84 bits per heavy atom. The molecule has 0 aliphatic carbocycles. The Hall–Kier alpha value is -3.38. The molecule has 5 nitrogen and oxygen atoms in total. The van der Waals surface area contributed by atoms with Gasteiger partial charge in [0.05, 0.1) is 5.39 Å². The van der Waals surface area contributed by atoms with Crippen LogP contribution in [-0.4, -0.2) is 16.6 Å². The highest BCUT2D eigenvalue weighted by Gasteiger charge is 2.26.